The Hall–Kier alpha value is -2.94. The number of imide groups is 1. The average Bonchev–Trinajstić information content (AvgIpc) is 2.62. The van der Waals surface area contributed by atoms with Crippen LogP contribution >= 0.6 is 11.8 Å². The maximum atomic E-state index is 13.2. The van der Waals surface area contributed by atoms with Crippen molar-refractivity contribution in [1.82, 2.24) is 5.32 Å². The monoisotopic (exact) mass is 394 g/mol. The SMILES string of the molecule is NC(=O)NC(=O)COC(=O)CSC(c1ccc(F)cc1)c1ccc(F)cc1. The summed E-state index contributed by atoms with van der Waals surface area (Å²) in [7, 11) is 0. The maximum Gasteiger partial charge on any atom is 0.318 e. The molecule has 0 aromatic heterocycles. The molecule has 3 N–H and O–H groups in total. The molecule has 9 heteroatoms. The Morgan fingerprint density at radius 1 is 0.963 bits per heavy atom. The molecule has 2 aromatic carbocycles. The lowest BCUT2D eigenvalue weighted by atomic mass is 10.0. The van der Waals surface area contributed by atoms with Gasteiger partial charge in [0, 0.05) is 0 Å². The second-order valence-corrected chi connectivity index (χ2v) is 6.46. The number of urea groups is 1. The number of primary amides is 1. The number of halogens is 2. The van der Waals surface area contributed by atoms with E-state index < -0.39 is 36.1 Å². The fourth-order valence-corrected chi connectivity index (χ4v) is 3.26. The third-order valence-corrected chi connectivity index (χ3v) is 4.62. The van der Waals surface area contributed by atoms with Gasteiger partial charge in [0.2, 0.25) is 0 Å². The van der Waals surface area contributed by atoms with E-state index in [2.05, 4.69) is 0 Å². The van der Waals surface area contributed by atoms with Gasteiger partial charge in [-0.1, -0.05) is 24.3 Å². The molecule has 0 atom stereocenters. The molecule has 0 aliphatic rings. The predicted octanol–water partition coefficient (Wildman–Crippen LogP) is 2.53. The van der Waals surface area contributed by atoms with Crippen LogP contribution in [-0.4, -0.2) is 30.3 Å². The third kappa shape index (κ3) is 6.70. The van der Waals surface area contributed by atoms with E-state index in [1.807, 2.05) is 0 Å². The summed E-state index contributed by atoms with van der Waals surface area (Å²) in [5.41, 5.74) is 6.21. The van der Waals surface area contributed by atoms with Gasteiger partial charge in [0.15, 0.2) is 6.61 Å². The second-order valence-electron chi connectivity index (χ2n) is 5.37. The molecule has 0 aliphatic carbocycles. The lowest BCUT2D eigenvalue weighted by molar-refractivity contribution is -0.145. The van der Waals surface area contributed by atoms with Gasteiger partial charge in [0.05, 0.1) is 11.0 Å². The molecule has 0 heterocycles. The van der Waals surface area contributed by atoms with E-state index in [0.29, 0.717) is 11.1 Å². The quantitative estimate of drug-likeness (QED) is 0.703. The van der Waals surface area contributed by atoms with Crippen molar-refractivity contribution in [2.24, 2.45) is 5.73 Å². The zero-order chi connectivity index (χ0) is 19.8. The first-order valence-electron chi connectivity index (χ1n) is 7.72. The summed E-state index contributed by atoms with van der Waals surface area (Å²) in [6, 6.07) is 10.4. The summed E-state index contributed by atoms with van der Waals surface area (Å²) in [6.45, 7) is -0.639. The Labute approximate surface area is 158 Å². The number of nitrogens with one attached hydrogen (secondary N) is 1. The minimum Gasteiger partial charge on any atom is -0.455 e. The number of amides is 3. The molecule has 27 heavy (non-hydrogen) atoms. The Kier molecular flexibility index (Phi) is 7.30. The van der Waals surface area contributed by atoms with Crippen molar-refractivity contribution in [3.05, 3.63) is 71.3 Å². The van der Waals surface area contributed by atoms with Crippen LogP contribution in [0.15, 0.2) is 48.5 Å². The largest absolute Gasteiger partial charge is 0.455 e. The number of esters is 1. The molecule has 0 fully saturated rings. The van der Waals surface area contributed by atoms with Gasteiger partial charge in [-0.2, -0.15) is 0 Å². The zero-order valence-electron chi connectivity index (χ0n) is 14.0. The number of thioether (sulfide) groups is 1. The van der Waals surface area contributed by atoms with Gasteiger partial charge in [-0.3, -0.25) is 14.9 Å². The summed E-state index contributed by atoms with van der Waals surface area (Å²) >= 11 is 1.17. The second kappa shape index (κ2) is 9.67. The minimum atomic E-state index is -1.04. The highest BCUT2D eigenvalue weighted by molar-refractivity contribution is 8.00. The summed E-state index contributed by atoms with van der Waals surface area (Å²) in [4.78, 5) is 33.6. The van der Waals surface area contributed by atoms with Crippen LogP contribution < -0.4 is 11.1 Å². The molecule has 0 bridgehead atoms. The number of hydrogen-bond donors (Lipinski definition) is 2. The van der Waals surface area contributed by atoms with Crippen molar-refractivity contribution >= 4 is 29.7 Å². The van der Waals surface area contributed by atoms with Crippen LogP contribution in [0.5, 0.6) is 0 Å². The fraction of sp³-hybridized carbons (Fsp3) is 0.167. The van der Waals surface area contributed by atoms with Crippen molar-refractivity contribution in [3.63, 3.8) is 0 Å². The normalized spacial score (nSPS) is 10.5. The van der Waals surface area contributed by atoms with Gasteiger partial charge in [-0.15, -0.1) is 11.8 Å². The first kappa shape index (κ1) is 20.4. The van der Waals surface area contributed by atoms with Gasteiger partial charge in [-0.05, 0) is 35.4 Å². The molecule has 0 spiro atoms. The number of nitrogens with two attached hydrogens (primary N) is 1. The van der Waals surface area contributed by atoms with Crippen LogP contribution in [0.2, 0.25) is 0 Å². The lowest BCUT2D eigenvalue weighted by Gasteiger charge is -2.17. The van der Waals surface area contributed by atoms with Crippen molar-refractivity contribution in [3.8, 4) is 0 Å². The van der Waals surface area contributed by atoms with Crippen molar-refractivity contribution < 1.29 is 27.9 Å². The van der Waals surface area contributed by atoms with Crippen molar-refractivity contribution in [1.29, 1.82) is 0 Å². The topological polar surface area (TPSA) is 98.5 Å². The Balaban J connectivity index is 2.03. The van der Waals surface area contributed by atoms with Crippen molar-refractivity contribution in [2.75, 3.05) is 12.4 Å². The van der Waals surface area contributed by atoms with Crippen LogP contribution in [0.1, 0.15) is 16.4 Å². The van der Waals surface area contributed by atoms with Crippen molar-refractivity contribution in [2.45, 2.75) is 5.25 Å². The molecule has 0 aliphatic heterocycles. The molecule has 0 unspecified atom stereocenters. The number of hydrogen-bond acceptors (Lipinski definition) is 5. The van der Waals surface area contributed by atoms with Gasteiger partial charge >= 0.3 is 12.0 Å². The zero-order valence-corrected chi connectivity index (χ0v) is 14.8. The standard InChI is InChI=1S/C18H16F2N2O4S/c19-13-5-1-11(2-6-13)17(12-3-7-14(20)8-4-12)27-10-16(24)26-9-15(23)22-18(21)25/h1-8,17H,9-10H2,(H3,21,22,23,25). The van der Waals surface area contributed by atoms with Gasteiger partial charge in [0.25, 0.3) is 5.91 Å². The van der Waals surface area contributed by atoms with E-state index in [4.69, 9.17) is 10.5 Å². The summed E-state index contributed by atoms with van der Waals surface area (Å²) in [6.07, 6.45) is 0. The predicted molar refractivity (Wildman–Crippen MR) is 95.8 cm³/mol. The Morgan fingerprint density at radius 2 is 1.44 bits per heavy atom. The first-order valence-corrected chi connectivity index (χ1v) is 8.77. The Morgan fingerprint density at radius 3 is 1.89 bits per heavy atom. The average molecular weight is 394 g/mol. The summed E-state index contributed by atoms with van der Waals surface area (Å²) in [5, 5.41) is 1.39. The molecular formula is C18H16F2N2O4S. The Bertz CT molecular complexity index is 768. The number of ether oxygens (including phenoxy) is 1. The molecular weight excluding hydrogens is 378 g/mol. The minimum absolute atomic E-state index is 0.122. The number of carbonyl (C=O) groups is 3. The summed E-state index contributed by atoms with van der Waals surface area (Å²) in [5.74, 6) is -2.45. The molecule has 3 amide bonds. The number of rotatable bonds is 7. The number of carbonyl (C=O) groups excluding carboxylic acids is 3. The molecule has 2 rings (SSSR count). The van der Waals surface area contributed by atoms with Gasteiger partial charge in [0.1, 0.15) is 11.6 Å². The van der Waals surface area contributed by atoms with E-state index in [1.54, 1.807) is 29.6 Å². The summed E-state index contributed by atoms with van der Waals surface area (Å²) < 4.78 is 31.1. The first-order chi connectivity index (χ1) is 12.8. The van der Waals surface area contributed by atoms with E-state index in [9.17, 15) is 23.2 Å². The molecule has 142 valence electrons. The van der Waals surface area contributed by atoms with E-state index in [-0.39, 0.29) is 11.0 Å². The van der Waals surface area contributed by atoms with E-state index >= 15 is 0 Å². The van der Waals surface area contributed by atoms with Crippen LogP contribution in [0.25, 0.3) is 0 Å². The van der Waals surface area contributed by atoms with Crippen LogP contribution in [0, 0.1) is 11.6 Å². The maximum absolute atomic E-state index is 13.2. The highest BCUT2D eigenvalue weighted by Crippen LogP contribution is 2.35. The van der Waals surface area contributed by atoms with E-state index in [1.165, 1.54) is 36.0 Å². The molecule has 0 saturated carbocycles. The van der Waals surface area contributed by atoms with E-state index in [0.717, 1.165) is 0 Å². The van der Waals surface area contributed by atoms with Crippen LogP contribution in [-0.2, 0) is 14.3 Å². The highest BCUT2D eigenvalue weighted by Gasteiger charge is 2.18. The highest BCUT2D eigenvalue weighted by atomic mass is 32.2. The fourth-order valence-electron chi connectivity index (χ4n) is 2.17. The van der Waals surface area contributed by atoms with Crippen LogP contribution in [0.4, 0.5) is 13.6 Å². The molecule has 6 nitrogen and oxygen atoms in total. The molecule has 0 radical (unpaired) electrons. The smallest absolute Gasteiger partial charge is 0.318 e. The lowest BCUT2D eigenvalue weighted by Crippen LogP contribution is -2.37. The molecule has 0 saturated heterocycles. The molecule has 2 aromatic rings. The van der Waals surface area contributed by atoms with Gasteiger partial charge < -0.3 is 10.5 Å². The van der Waals surface area contributed by atoms with Gasteiger partial charge in [-0.25, -0.2) is 13.6 Å². The number of benzene rings is 2. The van der Waals surface area contributed by atoms with Crippen LogP contribution in [0.3, 0.4) is 0 Å². The third-order valence-electron chi connectivity index (χ3n) is 3.34.